The Hall–Kier alpha value is -0.870. The molecule has 3 nitrogen and oxygen atoms in total. The van der Waals surface area contributed by atoms with E-state index in [1.54, 1.807) is 7.11 Å². The van der Waals surface area contributed by atoms with E-state index in [0.29, 0.717) is 11.5 Å². The first-order valence-corrected chi connectivity index (χ1v) is 7.25. The molecule has 2 unspecified atom stereocenters. The van der Waals surface area contributed by atoms with Gasteiger partial charge in [-0.15, -0.1) is 0 Å². The highest BCUT2D eigenvalue weighted by molar-refractivity contribution is 7.84. The third-order valence-corrected chi connectivity index (χ3v) is 3.88. The van der Waals surface area contributed by atoms with Crippen LogP contribution >= 0.6 is 0 Å². The van der Waals surface area contributed by atoms with Gasteiger partial charge >= 0.3 is 0 Å². The van der Waals surface area contributed by atoms with Crippen molar-refractivity contribution in [3.63, 3.8) is 0 Å². The predicted octanol–water partition coefficient (Wildman–Crippen LogP) is 1.99. The van der Waals surface area contributed by atoms with E-state index in [9.17, 15) is 4.21 Å². The molecule has 0 aliphatic carbocycles. The van der Waals surface area contributed by atoms with Gasteiger partial charge in [-0.2, -0.15) is 0 Å². The van der Waals surface area contributed by atoms with Crippen molar-refractivity contribution >= 4 is 10.8 Å². The Balaban J connectivity index is 2.66. The Morgan fingerprint density at radius 1 is 1.47 bits per heavy atom. The molecule has 0 amide bonds. The normalized spacial score (nSPS) is 14.4. The zero-order valence-corrected chi connectivity index (χ0v) is 11.5. The first-order valence-electron chi connectivity index (χ1n) is 5.77. The average Bonchev–Trinajstić information content (AvgIpc) is 2.27. The maximum Gasteiger partial charge on any atom is 0.123 e. The van der Waals surface area contributed by atoms with Gasteiger partial charge in [0.15, 0.2) is 0 Å². The second kappa shape index (κ2) is 6.77. The van der Waals surface area contributed by atoms with Crippen molar-refractivity contribution in [1.82, 2.24) is 0 Å². The molecule has 0 saturated carbocycles. The van der Waals surface area contributed by atoms with Crippen LogP contribution in [0.25, 0.3) is 0 Å². The molecular weight excluding hydrogens is 234 g/mol. The lowest BCUT2D eigenvalue weighted by atomic mass is 10.1. The van der Waals surface area contributed by atoms with Gasteiger partial charge in [-0.1, -0.05) is 17.7 Å². The number of rotatable bonds is 6. The number of hydrogen-bond donors (Lipinski definition) is 1. The number of nitrogens with two attached hydrogens (primary N) is 1. The predicted molar refractivity (Wildman–Crippen MR) is 72.7 cm³/mol. The summed E-state index contributed by atoms with van der Waals surface area (Å²) in [5.41, 5.74) is 7.82. The van der Waals surface area contributed by atoms with Gasteiger partial charge in [-0.3, -0.25) is 4.21 Å². The minimum Gasteiger partial charge on any atom is -0.496 e. The van der Waals surface area contributed by atoms with Crippen molar-refractivity contribution in [3.05, 3.63) is 29.3 Å². The van der Waals surface area contributed by atoms with E-state index in [-0.39, 0.29) is 6.04 Å². The van der Waals surface area contributed by atoms with E-state index in [0.717, 1.165) is 23.3 Å². The molecule has 96 valence electrons. The summed E-state index contributed by atoms with van der Waals surface area (Å²) in [5.74, 6) is 2.00. The number of benzene rings is 1. The maximum absolute atomic E-state index is 11.9. The number of aryl methyl sites for hydroxylation is 1. The van der Waals surface area contributed by atoms with Crippen molar-refractivity contribution in [2.75, 3.05) is 12.9 Å². The third kappa shape index (κ3) is 4.88. The topological polar surface area (TPSA) is 52.3 Å². The third-order valence-electron chi connectivity index (χ3n) is 2.55. The van der Waals surface area contributed by atoms with Crippen molar-refractivity contribution in [3.8, 4) is 5.75 Å². The zero-order chi connectivity index (χ0) is 12.8. The number of ether oxygens (including phenoxy) is 1. The summed E-state index contributed by atoms with van der Waals surface area (Å²) in [6.45, 7) is 3.96. The smallest absolute Gasteiger partial charge is 0.123 e. The van der Waals surface area contributed by atoms with Crippen LogP contribution in [-0.2, 0) is 16.6 Å². The fourth-order valence-corrected chi connectivity index (χ4v) is 2.93. The van der Waals surface area contributed by atoms with Crippen LogP contribution in [-0.4, -0.2) is 23.1 Å². The van der Waals surface area contributed by atoms with Crippen LogP contribution in [0.5, 0.6) is 5.75 Å². The molecule has 2 atom stereocenters. The highest BCUT2D eigenvalue weighted by Gasteiger charge is 2.08. The summed E-state index contributed by atoms with van der Waals surface area (Å²) in [4.78, 5) is 0. The molecule has 0 spiro atoms. The second-order valence-electron chi connectivity index (χ2n) is 4.37. The van der Waals surface area contributed by atoms with Crippen LogP contribution in [0.15, 0.2) is 18.2 Å². The zero-order valence-electron chi connectivity index (χ0n) is 10.7. The van der Waals surface area contributed by atoms with E-state index in [1.165, 1.54) is 0 Å². The van der Waals surface area contributed by atoms with Gasteiger partial charge in [-0.25, -0.2) is 0 Å². The number of hydrogen-bond acceptors (Lipinski definition) is 3. The van der Waals surface area contributed by atoms with Crippen LogP contribution in [0.4, 0.5) is 0 Å². The average molecular weight is 255 g/mol. The van der Waals surface area contributed by atoms with Crippen LogP contribution in [0, 0.1) is 6.92 Å². The van der Waals surface area contributed by atoms with E-state index < -0.39 is 10.8 Å². The Morgan fingerprint density at radius 2 is 2.18 bits per heavy atom. The molecule has 2 N–H and O–H groups in total. The molecule has 0 aliphatic rings. The van der Waals surface area contributed by atoms with Gasteiger partial charge in [0.25, 0.3) is 0 Å². The van der Waals surface area contributed by atoms with Crippen molar-refractivity contribution in [2.24, 2.45) is 5.73 Å². The second-order valence-corrected chi connectivity index (χ2v) is 5.95. The summed E-state index contributed by atoms with van der Waals surface area (Å²) in [5, 5.41) is 0. The quantitative estimate of drug-likeness (QED) is 0.845. The Labute approximate surface area is 106 Å². The summed E-state index contributed by atoms with van der Waals surface area (Å²) in [7, 11) is 0.766. The molecule has 0 radical (unpaired) electrons. The molecule has 0 aromatic heterocycles. The van der Waals surface area contributed by atoms with Crippen LogP contribution in [0.1, 0.15) is 24.5 Å². The summed E-state index contributed by atoms with van der Waals surface area (Å²) in [6.07, 6.45) is 0.792. The fourth-order valence-electron chi connectivity index (χ4n) is 1.58. The first-order chi connectivity index (χ1) is 8.02. The van der Waals surface area contributed by atoms with Gasteiger partial charge in [0.05, 0.1) is 12.9 Å². The minimum absolute atomic E-state index is 0.110. The molecule has 0 fully saturated rings. The lowest BCUT2D eigenvalue weighted by Crippen LogP contribution is -2.18. The molecule has 1 aromatic rings. The highest BCUT2D eigenvalue weighted by atomic mass is 32.2. The maximum atomic E-state index is 11.9. The van der Waals surface area contributed by atoms with Gasteiger partial charge in [-0.05, 0) is 26.3 Å². The molecule has 0 bridgehead atoms. The summed E-state index contributed by atoms with van der Waals surface area (Å²) < 4.78 is 17.2. The summed E-state index contributed by atoms with van der Waals surface area (Å²) >= 11 is 0. The van der Waals surface area contributed by atoms with Crippen LogP contribution in [0.2, 0.25) is 0 Å². The fraction of sp³-hybridized carbons (Fsp3) is 0.538. The first kappa shape index (κ1) is 14.2. The Bertz CT molecular complexity index is 391. The molecular formula is C13H21NO2S. The lowest BCUT2D eigenvalue weighted by molar-refractivity contribution is 0.411. The molecule has 1 aromatic carbocycles. The molecule has 0 saturated heterocycles. The molecule has 0 heterocycles. The van der Waals surface area contributed by atoms with E-state index in [4.69, 9.17) is 10.5 Å². The molecule has 0 aliphatic heterocycles. The van der Waals surface area contributed by atoms with Gasteiger partial charge < -0.3 is 10.5 Å². The SMILES string of the molecule is COc1ccc(C)cc1CS(=O)CCC(C)N. The van der Waals surface area contributed by atoms with Crippen molar-refractivity contribution in [2.45, 2.75) is 32.1 Å². The van der Waals surface area contributed by atoms with E-state index >= 15 is 0 Å². The summed E-state index contributed by atoms with van der Waals surface area (Å²) in [6, 6.07) is 6.06. The van der Waals surface area contributed by atoms with Crippen LogP contribution in [0.3, 0.4) is 0 Å². The number of methoxy groups -OCH3 is 1. The van der Waals surface area contributed by atoms with Crippen molar-refractivity contribution in [1.29, 1.82) is 0 Å². The van der Waals surface area contributed by atoms with E-state index in [2.05, 4.69) is 0 Å². The van der Waals surface area contributed by atoms with Gasteiger partial charge in [0.2, 0.25) is 0 Å². The molecule has 1 rings (SSSR count). The lowest BCUT2D eigenvalue weighted by Gasteiger charge is -2.10. The van der Waals surface area contributed by atoms with Crippen molar-refractivity contribution < 1.29 is 8.95 Å². The van der Waals surface area contributed by atoms with E-state index in [1.807, 2.05) is 32.0 Å². The Morgan fingerprint density at radius 3 is 2.76 bits per heavy atom. The molecule has 4 heteroatoms. The monoisotopic (exact) mass is 255 g/mol. The standard InChI is InChI=1S/C13H21NO2S/c1-10-4-5-13(16-3)12(8-10)9-17(15)7-6-11(2)14/h4-5,8,11H,6-7,9,14H2,1-3H3. The highest BCUT2D eigenvalue weighted by Crippen LogP contribution is 2.21. The van der Waals surface area contributed by atoms with Gasteiger partial charge in [0, 0.05) is 28.2 Å². The van der Waals surface area contributed by atoms with Gasteiger partial charge in [0.1, 0.15) is 5.75 Å². The minimum atomic E-state index is -0.872. The largest absolute Gasteiger partial charge is 0.496 e. The van der Waals surface area contributed by atoms with Crippen LogP contribution < -0.4 is 10.5 Å². The Kier molecular flexibility index (Phi) is 5.65. The molecule has 17 heavy (non-hydrogen) atoms.